The molecule has 4 heterocycles. The molecule has 3 aliphatic rings. The second-order valence-corrected chi connectivity index (χ2v) is 9.23. The van der Waals surface area contributed by atoms with E-state index in [1.165, 1.54) is 0 Å². The SMILES string of the molecule is CCn1ncc2c(Nc3ccccc3)c(C3=NOC4(CCC5(CC4)OCCO5)C3)c(C)nc21. The number of pyridine rings is 1. The third-order valence-electron chi connectivity index (χ3n) is 7.17. The van der Waals surface area contributed by atoms with E-state index in [0.29, 0.717) is 13.2 Å². The van der Waals surface area contributed by atoms with Crippen LogP contribution in [0.2, 0.25) is 0 Å². The number of aryl methyl sites for hydroxylation is 2. The van der Waals surface area contributed by atoms with Crippen LogP contribution in [0.1, 0.15) is 50.3 Å². The number of hydrogen-bond donors (Lipinski definition) is 1. The number of nitrogens with zero attached hydrogens (tertiary/aromatic N) is 4. The lowest BCUT2D eigenvalue weighted by Gasteiger charge is -2.39. The Labute approximate surface area is 192 Å². The fourth-order valence-electron chi connectivity index (χ4n) is 5.38. The first-order chi connectivity index (χ1) is 16.1. The Morgan fingerprint density at radius 2 is 1.82 bits per heavy atom. The zero-order chi connectivity index (χ0) is 22.5. The molecule has 0 atom stereocenters. The molecule has 0 radical (unpaired) electrons. The predicted molar refractivity (Wildman–Crippen MR) is 126 cm³/mol. The molecule has 1 aromatic carbocycles. The van der Waals surface area contributed by atoms with Crippen LogP contribution in [0.25, 0.3) is 11.0 Å². The maximum Gasteiger partial charge on any atom is 0.168 e. The van der Waals surface area contributed by atoms with Crippen molar-refractivity contribution >= 4 is 28.1 Å². The largest absolute Gasteiger partial charge is 0.389 e. The maximum absolute atomic E-state index is 6.15. The average Bonchev–Trinajstić information content (AvgIpc) is 3.56. The highest BCUT2D eigenvalue weighted by Crippen LogP contribution is 2.47. The van der Waals surface area contributed by atoms with Crippen LogP contribution in [-0.4, -0.2) is 45.1 Å². The van der Waals surface area contributed by atoms with Crippen molar-refractivity contribution < 1.29 is 14.3 Å². The Morgan fingerprint density at radius 1 is 1.06 bits per heavy atom. The minimum absolute atomic E-state index is 0.297. The fourth-order valence-corrected chi connectivity index (χ4v) is 5.38. The summed E-state index contributed by atoms with van der Waals surface area (Å²) in [5.41, 5.74) is 5.44. The van der Waals surface area contributed by atoms with Gasteiger partial charge in [0.1, 0.15) is 5.60 Å². The average molecular weight is 448 g/mol. The lowest BCUT2D eigenvalue weighted by molar-refractivity contribution is -0.206. The molecular weight excluding hydrogens is 418 g/mol. The summed E-state index contributed by atoms with van der Waals surface area (Å²) < 4.78 is 13.8. The van der Waals surface area contributed by atoms with Crippen LogP contribution in [0.5, 0.6) is 0 Å². The van der Waals surface area contributed by atoms with E-state index >= 15 is 0 Å². The molecule has 172 valence electrons. The van der Waals surface area contributed by atoms with E-state index in [1.807, 2.05) is 36.0 Å². The smallest absolute Gasteiger partial charge is 0.168 e. The summed E-state index contributed by atoms with van der Waals surface area (Å²) in [4.78, 5) is 11.1. The Morgan fingerprint density at radius 3 is 2.55 bits per heavy atom. The zero-order valence-electron chi connectivity index (χ0n) is 19.1. The van der Waals surface area contributed by atoms with Crippen LogP contribution in [0.3, 0.4) is 0 Å². The topological polar surface area (TPSA) is 82.8 Å². The highest BCUT2D eigenvalue weighted by molar-refractivity contribution is 6.12. The number of rotatable bonds is 4. The predicted octanol–water partition coefficient (Wildman–Crippen LogP) is 4.68. The van der Waals surface area contributed by atoms with Crippen molar-refractivity contribution in [2.24, 2.45) is 5.16 Å². The Bertz CT molecular complexity index is 1200. The summed E-state index contributed by atoms with van der Waals surface area (Å²) in [6.45, 7) is 6.25. The lowest BCUT2D eigenvalue weighted by atomic mass is 9.78. The summed E-state index contributed by atoms with van der Waals surface area (Å²) in [7, 11) is 0. The number of nitrogens with one attached hydrogen (secondary N) is 1. The van der Waals surface area contributed by atoms with E-state index in [2.05, 4.69) is 34.6 Å². The van der Waals surface area contributed by atoms with Gasteiger partial charge >= 0.3 is 0 Å². The monoisotopic (exact) mass is 447 g/mol. The van der Waals surface area contributed by atoms with Gasteiger partial charge in [-0.05, 0) is 38.8 Å². The van der Waals surface area contributed by atoms with Crippen LogP contribution in [0.15, 0.2) is 41.7 Å². The molecule has 8 heteroatoms. The summed E-state index contributed by atoms with van der Waals surface area (Å²) in [6, 6.07) is 10.2. The van der Waals surface area contributed by atoms with Crippen molar-refractivity contribution in [2.75, 3.05) is 18.5 Å². The minimum Gasteiger partial charge on any atom is -0.389 e. The molecule has 8 nitrogen and oxygen atoms in total. The molecular formula is C25H29N5O3. The Hall–Kier alpha value is -2.97. The first-order valence-corrected chi connectivity index (χ1v) is 11.8. The number of fused-ring (bicyclic) bond motifs is 1. The number of anilines is 2. The van der Waals surface area contributed by atoms with Crippen molar-refractivity contribution in [3.8, 4) is 0 Å². The molecule has 2 aliphatic heterocycles. The molecule has 1 saturated heterocycles. The lowest BCUT2D eigenvalue weighted by Crippen LogP contribution is -2.43. The van der Waals surface area contributed by atoms with Gasteiger partial charge in [-0.2, -0.15) is 5.10 Å². The minimum atomic E-state index is -0.414. The van der Waals surface area contributed by atoms with E-state index in [1.54, 1.807) is 0 Å². The Kier molecular flexibility index (Phi) is 4.88. The van der Waals surface area contributed by atoms with Crippen molar-refractivity contribution in [2.45, 2.75) is 63.9 Å². The molecule has 0 amide bonds. The van der Waals surface area contributed by atoms with Crippen LogP contribution >= 0.6 is 0 Å². The van der Waals surface area contributed by atoms with Gasteiger partial charge in [-0.15, -0.1) is 0 Å². The van der Waals surface area contributed by atoms with Crippen LogP contribution in [-0.2, 0) is 20.9 Å². The number of benzene rings is 1. The van der Waals surface area contributed by atoms with Gasteiger partial charge < -0.3 is 19.6 Å². The van der Waals surface area contributed by atoms with E-state index in [4.69, 9.17) is 19.3 Å². The van der Waals surface area contributed by atoms with E-state index in [0.717, 1.165) is 78.0 Å². The first-order valence-electron chi connectivity index (χ1n) is 11.8. The number of hydrogen-bond acceptors (Lipinski definition) is 7. The molecule has 6 rings (SSSR count). The second-order valence-electron chi connectivity index (χ2n) is 9.23. The van der Waals surface area contributed by atoms with E-state index < -0.39 is 5.79 Å². The molecule has 2 spiro atoms. The standard InChI is InChI=1S/C25H29N5O3/c1-3-30-23-19(16-26-30)22(28-18-7-5-4-6-8-18)21(17(2)27-23)20-15-24(33-29-20)9-11-25(12-10-24)31-13-14-32-25/h4-8,16H,3,9-15H2,1-2H3,(H,27,28). The van der Waals surface area contributed by atoms with Crippen molar-refractivity contribution in [1.29, 1.82) is 0 Å². The number of aromatic nitrogens is 3. The summed E-state index contributed by atoms with van der Waals surface area (Å²) in [6.07, 6.45) is 6.05. The van der Waals surface area contributed by atoms with Crippen LogP contribution < -0.4 is 5.32 Å². The normalized spacial score (nSPS) is 21.0. The first kappa shape index (κ1) is 20.6. The van der Waals surface area contributed by atoms with Gasteiger partial charge in [0, 0.05) is 37.1 Å². The molecule has 33 heavy (non-hydrogen) atoms. The van der Waals surface area contributed by atoms with Crippen LogP contribution in [0.4, 0.5) is 11.4 Å². The molecule has 2 aromatic heterocycles. The zero-order valence-corrected chi connectivity index (χ0v) is 19.1. The quantitative estimate of drug-likeness (QED) is 0.625. The van der Waals surface area contributed by atoms with Gasteiger partial charge in [0.25, 0.3) is 0 Å². The maximum atomic E-state index is 6.15. The molecule has 1 aliphatic carbocycles. The van der Waals surface area contributed by atoms with Gasteiger partial charge in [-0.3, -0.25) is 0 Å². The molecule has 1 N–H and O–H groups in total. The van der Waals surface area contributed by atoms with Gasteiger partial charge in [0.05, 0.1) is 41.9 Å². The van der Waals surface area contributed by atoms with Gasteiger partial charge in [0.2, 0.25) is 0 Å². The van der Waals surface area contributed by atoms with Gasteiger partial charge in [0.15, 0.2) is 11.4 Å². The highest BCUT2D eigenvalue weighted by atomic mass is 16.7. The van der Waals surface area contributed by atoms with Crippen LogP contribution in [0, 0.1) is 6.92 Å². The summed E-state index contributed by atoms with van der Waals surface area (Å²) in [5, 5.41) is 13.8. The van der Waals surface area contributed by atoms with E-state index in [-0.39, 0.29) is 5.60 Å². The number of oxime groups is 1. The molecule has 2 fully saturated rings. The second kappa shape index (κ2) is 7.81. The van der Waals surface area contributed by atoms with Crippen molar-refractivity contribution in [3.63, 3.8) is 0 Å². The van der Waals surface area contributed by atoms with Gasteiger partial charge in [-0.1, -0.05) is 23.4 Å². The number of ether oxygens (including phenoxy) is 2. The molecule has 0 bridgehead atoms. The summed E-state index contributed by atoms with van der Waals surface area (Å²) >= 11 is 0. The third kappa shape index (κ3) is 3.48. The van der Waals surface area contributed by atoms with E-state index in [9.17, 15) is 0 Å². The van der Waals surface area contributed by atoms with Gasteiger partial charge in [-0.25, -0.2) is 9.67 Å². The van der Waals surface area contributed by atoms with Crippen molar-refractivity contribution in [3.05, 3.63) is 47.8 Å². The molecule has 1 saturated carbocycles. The van der Waals surface area contributed by atoms with Crippen molar-refractivity contribution in [1.82, 2.24) is 14.8 Å². The summed E-state index contributed by atoms with van der Waals surface area (Å²) in [5.74, 6) is -0.414. The fraction of sp³-hybridized carbons (Fsp3) is 0.480. The molecule has 0 unspecified atom stereocenters. The third-order valence-corrected chi connectivity index (χ3v) is 7.17. The number of para-hydroxylation sites is 1. The Balaban J connectivity index is 1.36. The highest BCUT2D eigenvalue weighted by Gasteiger charge is 2.50. The molecule has 3 aromatic rings.